The summed E-state index contributed by atoms with van der Waals surface area (Å²) in [6, 6.07) is 19.4. The van der Waals surface area contributed by atoms with E-state index >= 15 is 0 Å². The number of hydrogen-bond acceptors (Lipinski definition) is 4. The lowest BCUT2D eigenvalue weighted by Crippen LogP contribution is -2.08. The van der Waals surface area contributed by atoms with Gasteiger partial charge in [0.1, 0.15) is 18.2 Å². The monoisotopic (exact) mass is 482 g/mol. The molecule has 0 aliphatic heterocycles. The highest BCUT2D eigenvalue weighted by Crippen LogP contribution is 2.23. The molecule has 3 aromatic carbocycles. The van der Waals surface area contributed by atoms with Crippen LogP contribution < -0.4 is 4.74 Å². The number of para-hydroxylation sites is 1. The standard InChI is InChI=1S/C31H27FO4/c1-21(2)30(33)35-20-27-11-6-5-9-24(27)17-18-25-15-13-23(19-28(25)32)14-16-26-10-7-8-12-29(26)36-31(34)22(3)4/h5-19H,1,3,20H2,2,4H3/b16-14+,18-17+. The molecule has 0 saturated carbocycles. The van der Waals surface area contributed by atoms with Crippen LogP contribution in [0.2, 0.25) is 0 Å². The summed E-state index contributed by atoms with van der Waals surface area (Å²) in [6.45, 7) is 10.4. The minimum absolute atomic E-state index is 0.0988. The SMILES string of the molecule is C=C(C)C(=O)OCc1ccccc1/C=C/c1ccc(/C=C/c2ccccc2OC(=O)C(=C)C)cc1F. The van der Waals surface area contributed by atoms with E-state index in [0.717, 1.165) is 11.1 Å². The molecule has 0 aliphatic rings. The van der Waals surface area contributed by atoms with Gasteiger partial charge in [-0.25, -0.2) is 14.0 Å². The van der Waals surface area contributed by atoms with Crippen LogP contribution in [0.25, 0.3) is 24.3 Å². The topological polar surface area (TPSA) is 52.6 Å². The molecule has 0 amide bonds. The third-order valence-electron chi connectivity index (χ3n) is 5.15. The van der Waals surface area contributed by atoms with Crippen molar-refractivity contribution in [2.24, 2.45) is 0 Å². The van der Waals surface area contributed by atoms with Gasteiger partial charge in [0, 0.05) is 22.3 Å². The van der Waals surface area contributed by atoms with Gasteiger partial charge in [-0.15, -0.1) is 0 Å². The first-order chi connectivity index (χ1) is 17.2. The van der Waals surface area contributed by atoms with Crippen molar-refractivity contribution in [1.82, 2.24) is 0 Å². The van der Waals surface area contributed by atoms with Crippen LogP contribution in [0.4, 0.5) is 4.39 Å². The quantitative estimate of drug-likeness (QED) is 0.139. The fourth-order valence-corrected chi connectivity index (χ4v) is 3.14. The number of benzene rings is 3. The van der Waals surface area contributed by atoms with Gasteiger partial charge in [0.15, 0.2) is 0 Å². The maximum atomic E-state index is 14.8. The predicted octanol–water partition coefficient (Wildman–Crippen LogP) is 7.27. The zero-order chi connectivity index (χ0) is 26.1. The van der Waals surface area contributed by atoms with Crippen LogP contribution in [-0.2, 0) is 20.9 Å². The van der Waals surface area contributed by atoms with Crippen LogP contribution in [0.5, 0.6) is 5.75 Å². The van der Waals surface area contributed by atoms with E-state index in [1.807, 2.05) is 30.3 Å². The van der Waals surface area contributed by atoms with Crippen molar-refractivity contribution in [3.8, 4) is 5.75 Å². The van der Waals surface area contributed by atoms with E-state index < -0.39 is 11.9 Å². The Balaban J connectivity index is 1.75. The van der Waals surface area contributed by atoms with Crippen molar-refractivity contribution in [2.75, 3.05) is 0 Å². The Kier molecular flexibility index (Phi) is 8.89. The number of hydrogen-bond donors (Lipinski definition) is 0. The molecule has 4 nitrogen and oxygen atoms in total. The maximum Gasteiger partial charge on any atom is 0.338 e. The minimum Gasteiger partial charge on any atom is -0.457 e. The summed E-state index contributed by atoms with van der Waals surface area (Å²) in [6.07, 6.45) is 6.96. The molecule has 0 fully saturated rings. The Morgan fingerprint density at radius 2 is 1.39 bits per heavy atom. The first-order valence-electron chi connectivity index (χ1n) is 11.3. The smallest absolute Gasteiger partial charge is 0.338 e. The Labute approximate surface area is 210 Å². The molecule has 0 spiro atoms. The van der Waals surface area contributed by atoms with Gasteiger partial charge in [-0.05, 0) is 42.7 Å². The van der Waals surface area contributed by atoms with Crippen molar-refractivity contribution in [3.63, 3.8) is 0 Å². The minimum atomic E-state index is -0.506. The molecule has 0 atom stereocenters. The summed E-state index contributed by atoms with van der Waals surface area (Å²) in [5.41, 5.74) is 3.99. The molecule has 36 heavy (non-hydrogen) atoms. The molecule has 182 valence electrons. The van der Waals surface area contributed by atoms with E-state index in [9.17, 15) is 14.0 Å². The number of rotatable bonds is 9. The van der Waals surface area contributed by atoms with Gasteiger partial charge in [-0.1, -0.05) is 92.1 Å². The van der Waals surface area contributed by atoms with E-state index in [1.54, 1.807) is 68.5 Å². The van der Waals surface area contributed by atoms with E-state index in [4.69, 9.17) is 9.47 Å². The van der Waals surface area contributed by atoms with Crippen LogP contribution in [0.15, 0.2) is 91.0 Å². The summed E-state index contributed by atoms with van der Waals surface area (Å²) in [5.74, 6) is -0.954. The van der Waals surface area contributed by atoms with Crippen molar-refractivity contribution >= 4 is 36.2 Å². The van der Waals surface area contributed by atoms with Crippen molar-refractivity contribution in [1.29, 1.82) is 0 Å². The molecule has 5 heteroatoms. The summed E-state index contributed by atoms with van der Waals surface area (Å²) >= 11 is 0. The highest BCUT2D eigenvalue weighted by molar-refractivity contribution is 5.89. The normalized spacial score (nSPS) is 11.0. The lowest BCUT2D eigenvalue weighted by molar-refractivity contribution is -0.140. The second-order valence-electron chi connectivity index (χ2n) is 8.21. The summed E-state index contributed by atoms with van der Waals surface area (Å²) in [5, 5.41) is 0. The van der Waals surface area contributed by atoms with Crippen LogP contribution in [-0.4, -0.2) is 11.9 Å². The zero-order valence-electron chi connectivity index (χ0n) is 20.3. The van der Waals surface area contributed by atoms with Gasteiger partial charge >= 0.3 is 11.9 Å². The molecule has 0 bridgehead atoms. The third kappa shape index (κ3) is 7.24. The van der Waals surface area contributed by atoms with Crippen molar-refractivity contribution in [3.05, 3.63) is 125 Å². The molecule has 0 N–H and O–H groups in total. The summed E-state index contributed by atoms with van der Waals surface area (Å²) in [4.78, 5) is 23.6. The second kappa shape index (κ2) is 12.3. The fraction of sp³-hybridized carbons (Fsp3) is 0.0968. The Bertz CT molecular complexity index is 1360. The van der Waals surface area contributed by atoms with E-state index in [1.165, 1.54) is 6.07 Å². The first-order valence-corrected chi connectivity index (χ1v) is 11.3. The molecule has 0 unspecified atom stereocenters. The molecule has 0 heterocycles. The number of esters is 2. The van der Waals surface area contributed by atoms with Crippen molar-refractivity contribution < 1.29 is 23.5 Å². The molecule has 3 rings (SSSR count). The molecule has 0 aliphatic carbocycles. The van der Waals surface area contributed by atoms with Gasteiger partial charge in [0.25, 0.3) is 0 Å². The van der Waals surface area contributed by atoms with Gasteiger partial charge in [-0.2, -0.15) is 0 Å². The van der Waals surface area contributed by atoms with Crippen LogP contribution in [0, 0.1) is 5.82 Å². The molecular formula is C31H27FO4. The zero-order valence-corrected chi connectivity index (χ0v) is 20.3. The summed E-state index contributed by atoms with van der Waals surface area (Å²) in [7, 11) is 0. The number of carbonyl (C=O) groups excluding carboxylic acids is 2. The largest absolute Gasteiger partial charge is 0.457 e. The average molecular weight is 483 g/mol. The first kappa shape index (κ1) is 26.1. The Hall–Kier alpha value is -4.51. The molecule has 0 radical (unpaired) electrons. The van der Waals surface area contributed by atoms with E-state index in [-0.39, 0.29) is 12.4 Å². The van der Waals surface area contributed by atoms with Gasteiger partial charge in [0.2, 0.25) is 0 Å². The molecule has 0 aromatic heterocycles. The van der Waals surface area contributed by atoms with Crippen LogP contribution in [0.3, 0.4) is 0 Å². The Morgan fingerprint density at radius 3 is 2.08 bits per heavy atom. The fourth-order valence-electron chi connectivity index (χ4n) is 3.14. The van der Waals surface area contributed by atoms with E-state index in [0.29, 0.717) is 33.6 Å². The highest BCUT2D eigenvalue weighted by Gasteiger charge is 2.09. The lowest BCUT2D eigenvalue weighted by Gasteiger charge is -2.08. The molecule has 3 aromatic rings. The van der Waals surface area contributed by atoms with Gasteiger partial charge in [-0.3, -0.25) is 0 Å². The highest BCUT2D eigenvalue weighted by atomic mass is 19.1. The predicted molar refractivity (Wildman–Crippen MR) is 142 cm³/mol. The third-order valence-corrected chi connectivity index (χ3v) is 5.15. The van der Waals surface area contributed by atoms with Gasteiger partial charge in [0.05, 0.1) is 0 Å². The molecular weight excluding hydrogens is 455 g/mol. The van der Waals surface area contributed by atoms with Gasteiger partial charge < -0.3 is 9.47 Å². The number of carbonyl (C=O) groups is 2. The number of ether oxygens (including phenoxy) is 2. The average Bonchev–Trinajstić information content (AvgIpc) is 2.86. The van der Waals surface area contributed by atoms with Crippen molar-refractivity contribution in [2.45, 2.75) is 20.5 Å². The lowest BCUT2D eigenvalue weighted by atomic mass is 10.0. The van der Waals surface area contributed by atoms with E-state index in [2.05, 4.69) is 13.2 Å². The Morgan fingerprint density at radius 1 is 0.778 bits per heavy atom. The summed E-state index contributed by atoms with van der Waals surface area (Å²) < 4.78 is 25.4. The molecule has 0 saturated heterocycles. The maximum absolute atomic E-state index is 14.8. The van der Waals surface area contributed by atoms with Crippen LogP contribution in [0.1, 0.15) is 41.7 Å². The second-order valence-corrected chi connectivity index (χ2v) is 8.21. The number of halogens is 1. The van der Waals surface area contributed by atoms with Crippen LogP contribution >= 0.6 is 0 Å².